The Morgan fingerprint density at radius 3 is 2.76 bits per heavy atom. The van der Waals surface area contributed by atoms with Gasteiger partial charge in [-0.25, -0.2) is 0 Å². The molecule has 2 aromatic carbocycles. The molecule has 1 aromatic heterocycles. The van der Waals surface area contributed by atoms with E-state index in [-0.39, 0.29) is 0 Å². The second-order valence-corrected chi connectivity index (χ2v) is 5.02. The topological polar surface area (TPSA) is 34.1 Å². The number of nitrogens with zero attached hydrogens (tertiary/aromatic N) is 1. The number of aryl methyl sites for hydroxylation is 1. The summed E-state index contributed by atoms with van der Waals surface area (Å²) in [7, 11) is 1.66. The van der Waals surface area contributed by atoms with Crippen molar-refractivity contribution in [3.8, 4) is 5.75 Å². The zero-order valence-electron chi connectivity index (χ0n) is 12.3. The van der Waals surface area contributed by atoms with Crippen molar-refractivity contribution in [1.82, 2.24) is 4.98 Å². The van der Waals surface area contributed by atoms with Gasteiger partial charge in [-0.3, -0.25) is 4.98 Å². The lowest BCUT2D eigenvalue weighted by Gasteiger charge is -2.13. The van der Waals surface area contributed by atoms with Crippen LogP contribution in [0.2, 0.25) is 0 Å². The number of ether oxygens (including phenoxy) is 1. The standard InChI is InChI=1S/C18H18N2O/c1-13-10-17(18(21-2)12-19-13)20-11-15-8-5-7-14-6-3-4-9-16(14)15/h3-10,12H,11H2,1-2H3,(H,19,20). The van der Waals surface area contributed by atoms with E-state index in [1.807, 2.05) is 13.0 Å². The van der Waals surface area contributed by atoms with E-state index in [0.717, 1.165) is 23.7 Å². The summed E-state index contributed by atoms with van der Waals surface area (Å²) in [5.41, 5.74) is 3.21. The third-order valence-corrected chi connectivity index (χ3v) is 3.57. The number of pyridine rings is 1. The molecule has 106 valence electrons. The van der Waals surface area contributed by atoms with Crippen LogP contribution in [-0.2, 0) is 6.54 Å². The van der Waals surface area contributed by atoms with E-state index in [1.165, 1.54) is 16.3 Å². The Labute approximate surface area is 124 Å². The van der Waals surface area contributed by atoms with Gasteiger partial charge in [-0.1, -0.05) is 42.5 Å². The fraction of sp³-hybridized carbons (Fsp3) is 0.167. The maximum atomic E-state index is 5.35. The van der Waals surface area contributed by atoms with Crippen LogP contribution >= 0.6 is 0 Å². The van der Waals surface area contributed by atoms with Crippen LogP contribution in [-0.4, -0.2) is 12.1 Å². The lowest BCUT2D eigenvalue weighted by molar-refractivity contribution is 0.414. The summed E-state index contributed by atoms with van der Waals surface area (Å²) in [5.74, 6) is 0.765. The number of fused-ring (bicyclic) bond motifs is 1. The van der Waals surface area contributed by atoms with E-state index in [0.29, 0.717) is 0 Å². The van der Waals surface area contributed by atoms with E-state index < -0.39 is 0 Å². The maximum Gasteiger partial charge on any atom is 0.160 e. The molecule has 0 atom stereocenters. The first kappa shape index (κ1) is 13.4. The van der Waals surface area contributed by atoms with E-state index in [4.69, 9.17) is 4.74 Å². The van der Waals surface area contributed by atoms with Gasteiger partial charge >= 0.3 is 0 Å². The molecular formula is C18H18N2O. The van der Waals surface area contributed by atoms with Gasteiger partial charge in [0.2, 0.25) is 0 Å². The molecule has 0 aliphatic heterocycles. The van der Waals surface area contributed by atoms with Gasteiger partial charge in [0.05, 0.1) is 19.0 Å². The summed E-state index contributed by atoms with van der Waals surface area (Å²) in [4.78, 5) is 4.25. The molecule has 3 heteroatoms. The lowest BCUT2D eigenvalue weighted by atomic mass is 10.0. The highest BCUT2D eigenvalue weighted by atomic mass is 16.5. The second kappa shape index (κ2) is 5.83. The lowest BCUT2D eigenvalue weighted by Crippen LogP contribution is -2.03. The number of methoxy groups -OCH3 is 1. The van der Waals surface area contributed by atoms with Gasteiger partial charge in [-0.2, -0.15) is 0 Å². The number of benzene rings is 2. The van der Waals surface area contributed by atoms with Crippen LogP contribution in [0.4, 0.5) is 5.69 Å². The zero-order valence-corrected chi connectivity index (χ0v) is 12.3. The van der Waals surface area contributed by atoms with Crippen LogP contribution in [0.15, 0.2) is 54.7 Å². The van der Waals surface area contributed by atoms with Crippen molar-refractivity contribution >= 4 is 16.5 Å². The Morgan fingerprint density at radius 1 is 1.10 bits per heavy atom. The molecule has 3 nitrogen and oxygen atoms in total. The molecule has 1 N–H and O–H groups in total. The van der Waals surface area contributed by atoms with Crippen LogP contribution in [0.1, 0.15) is 11.3 Å². The van der Waals surface area contributed by atoms with E-state index >= 15 is 0 Å². The molecule has 0 unspecified atom stereocenters. The van der Waals surface area contributed by atoms with Crippen molar-refractivity contribution in [3.63, 3.8) is 0 Å². The first-order valence-electron chi connectivity index (χ1n) is 6.99. The molecule has 0 amide bonds. The fourth-order valence-electron chi connectivity index (χ4n) is 2.49. The molecule has 1 heterocycles. The van der Waals surface area contributed by atoms with Crippen molar-refractivity contribution in [2.24, 2.45) is 0 Å². The molecule has 0 spiro atoms. The zero-order chi connectivity index (χ0) is 14.7. The van der Waals surface area contributed by atoms with Gasteiger partial charge in [0.25, 0.3) is 0 Å². The van der Waals surface area contributed by atoms with Gasteiger partial charge in [0.1, 0.15) is 0 Å². The van der Waals surface area contributed by atoms with E-state index in [9.17, 15) is 0 Å². The molecule has 0 aliphatic rings. The number of hydrogen-bond acceptors (Lipinski definition) is 3. The van der Waals surface area contributed by atoms with Gasteiger partial charge in [-0.05, 0) is 29.3 Å². The summed E-state index contributed by atoms with van der Waals surface area (Å²) in [5, 5.41) is 5.98. The number of hydrogen-bond donors (Lipinski definition) is 1. The Kier molecular flexibility index (Phi) is 3.73. The summed E-state index contributed by atoms with van der Waals surface area (Å²) in [6.07, 6.45) is 1.75. The van der Waals surface area contributed by atoms with Crippen molar-refractivity contribution < 1.29 is 4.74 Å². The monoisotopic (exact) mass is 278 g/mol. The molecule has 3 aromatic rings. The van der Waals surface area contributed by atoms with Crippen molar-refractivity contribution in [1.29, 1.82) is 0 Å². The smallest absolute Gasteiger partial charge is 0.160 e. The second-order valence-electron chi connectivity index (χ2n) is 5.02. The van der Waals surface area contributed by atoms with Crippen LogP contribution < -0.4 is 10.1 Å². The first-order chi connectivity index (χ1) is 10.3. The summed E-state index contributed by atoms with van der Waals surface area (Å²) in [6.45, 7) is 2.73. The molecule has 0 saturated heterocycles. The molecule has 0 aliphatic carbocycles. The normalized spacial score (nSPS) is 10.6. The summed E-state index contributed by atoms with van der Waals surface area (Å²) < 4.78 is 5.35. The highest BCUT2D eigenvalue weighted by Crippen LogP contribution is 2.25. The van der Waals surface area contributed by atoms with Crippen LogP contribution in [0.25, 0.3) is 10.8 Å². The number of nitrogens with one attached hydrogen (secondary N) is 1. The molecule has 21 heavy (non-hydrogen) atoms. The predicted octanol–water partition coefficient (Wildman–Crippen LogP) is 4.16. The van der Waals surface area contributed by atoms with Crippen LogP contribution in [0.5, 0.6) is 5.75 Å². The minimum Gasteiger partial charge on any atom is -0.493 e. The minimum atomic E-state index is 0.751. The number of rotatable bonds is 4. The Bertz CT molecular complexity index is 763. The van der Waals surface area contributed by atoms with E-state index in [2.05, 4.69) is 52.8 Å². The Morgan fingerprint density at radius 2 is 1.90 bits per heavy atom. The van der Waals surface area contributed by atoms with Crippen LogP contribution in [0, 0.1) is 6.92 Å². The highest BCUT2D eigenvalue weighted by Gasteiger charge is 2.05. The molecule has 0 bridgehead atoms. The molecule has 0 fully saturated rings. The van der Waals surface area contributed by atoms with Gasteiger partial charge < -0.3 is 10.1 Å². The van der Waals surface area contributed by atoms with Crippen molar-refractivity contribution in [2.75, 3.05) is 12.4 Å². The maximum absolute atomic E-state index is 5.35. The van der Waals surface area contributed by atoms with Gasteiger partial charge in [-0.15, -0.1) is 0 Å². The molecule has 3 rings (SSSR count). The van der Waals surface area contributed by atoms with Crippen molar-refractivity contribution in [2.45, 2.75) is 13.5 Å². The van der Waals surface area contributed by atoms with Crippen molar-refractivity contribution in [3.05, 3.63) is 66.0 Å². The highest BCUT2D eigenvalue weighted by molar-refractivity contribution is 5.85. The number of anilines is 1. The SMILES string of the molecule is COc1cnc(C)cc1NCc1cccc2ccccc12. The minimum absolute atomic E-state index is 0.751. The first-order valence-corrected chi connectivity index (χ1v) is 6.99. The fourth-order valence-corrected chi connectivity index (χ4v) is 2.49. The third kappa shape index (κ3) is 2.82. The molecule has 0 radical (unpaired) electrons. The average Bonchev–Trinajstić information content (AvgIpc) is 2.53. The Hall–Kier alpha value is -2.55. The quantitative estimate of drug-likeness (QED) is 0.778. The summed E-state index contributed by atoms with van der Waals surface area (Å²) >= 11 is 0. The average molecular weight is 278 g/mol. The Balaban J connectivity index is 1.89. The number of aromatic nitrogens is 1. The largest absolute Gasteiger partial charge is 0.493 e. The molecular weight excluding hydrogens is 260 g/mol. The molecule has 0 saturated carbocycles. The van der Waals surface area contributed by atoms with Gasteiger partial charge in [0, 0.05) is 12.2 Å². The third-order valence-electron chi connectivity index (χ3n) is 3.57. The van der Waals surface area contributed by atoms with E-state index in [1.54, 1.807) is 13.3 Å². The summed E-state index contributed by atoms with van der Waals surface area (Å²) in [6, 6.07) is 16.8. The van der Waals surface area contributed by atoms with Gasteiger partial charge in [0.15, 0.2) is 5.75 Å². The van der Waals surface area contributed by atoms with Crippen LogP contribution in [0.3, 0.4) is 0 Å². The predicted molar refractivity (Wildman–Crippen MR) is 86.8 cm³/mol.